The molecule has 1 aliphatic carbocycles. The van der Waals surface area contributed by atoms with Crippen LogP contribution in [-0.2, 0) is 26.7 Å². The van der Waals surface area contributed by atoms with Gasteiger partial charge in [0.15, 0.2) is 0 Å². The molecule has 1 saturated heterocycles. The fraction of sp³-hybridized carbons (Fsp3) is 0.407. The molecule has 190 valence electrons. The minimum absolute atomic E-state index is 0.107. The van der Waals surface area contributed by atoms with Gasteiger partial charge in [-0.1, -0.05) is 36.4 Å². The Morgan fingerprint density at radius 1 is 0.972 bits per heavy atom. The highest BCUT2D eigenvalue weighted by molar-refractivity contribution is 7.89. The summed E-state index contributed by atoms with van der Waals surface area (Å²) in [6.07, 6.45) is 3.39. The minimum atomic E-state index is -3.73. The summed E-state index contributed by atoms with van der Waals surface area (Å²) in [6, 6.07) is 16.2. The average molecular weight is 510 g/mol. The number of likely N-dealkylation sites (tertiary alicyclic amines) is 1. The molecule has 0 bridgehead atoms. The molecule has 1 aliphatic heterocycles. The van der Waals surface area contributed by atoms with Crippen molar-refractivity contribution in [3.05, 3.63) is 54.6 Å². The second kappa shape index (κ2) is 9.71. The topological polar surface area (TPSA) is 109 Å². The van der Waals surface area contributed by atoms with Gasteiger partial charge in [-0.25, -0.2) is 17.9 Å². The number of aryl methyl sites for hydroxylation is 1. The van der Waals surface area contributed by atoms with E-state index in [-0.39, 0.29) is 22.8 Å². The Bertz CT molecular complexity index is 1390. The maximum Gasteiger partial charge on any atom is 0.326 e. The number of rotatable bonds is 6. The summed E-state index contributed by atoms with van der Waals surface area (Å²) in [4.78, 5) is 26.1. The lowest BCUT2D eigenvalue weighted by molar-refractivity contribution is -0.150. The van der Waals surface area contributed by atoms with Crippen LogP contribution in [0.4, 0.5) is 0 Å². The van der Waals surface area contributed by atoms with Crippen LogP contribution >= 0.6 is 0 Å². The van der Waals surface area contributed by atoms with Gasteiger partial charge < -0.3 is 14.6 Å². The van der Waals surface area contributed by atoms with Crippen molar-refractivity contribution < 1.29 is 23.1 Å². The fourth-order valence-corrected chi connectivity index (χ4v) is 6.95. The number of carboxylic acids is 1. The molecule has 1 saturated carbocycles. The molecule has 0 spiro atoms. The molecule has 5 rings (SSSR count). The summed E-state index contributed by atoms with van der Waals surface area (Å²) in [5.41, 5.74) is 2.91. The van der Waals surface area contributed by atoms with Crippen LogP contribution in [0.5, 0.6) is 0 Å². The third kappa shape index (κ3) is 4.65. The molecule has 1 aromatic heterocycles. The smallest absolute Gasteiger partial charge is 0.326 e. The van der Waals surface area contributed by atoms with Crippen molar-refractivity contribution in [3.63, 3.8) is 0 Å². The van der Waals surface area contributed by atoms with Gasteiger partial charge in [0.05, 0.1) is 4.90 Å². The molecular weight excluding hydrogens is 478 g/mol. The highest BCUT2D eigenvalue weighted by atomic mass is 32.2. The molecular formula is C27H31N3O5S. The number of aromatic nitrogens is 1. The van der Waals surface area contributed by atoms with Gasteiger partial charge in [-0.15, -0.1) is 0 Å². The van der Waals surface area contributed by atoms with E-state index in [1.54, 1.807) is 12.1 Å². The SMILES string of the molecule is Cn1c(-c2ccccc2)cc2ccc(S(=O)(=O)NC3CCC(C(=O)N4CCC[C@@H]4C(=O)O)CC3)cc21. The summed E-state index contributed by atoms with van der Waals surface area (Å²) in [5.74, 6) is -1.31. The Morgan fingerprint density at radius 3 is 2.39 bits per heavy atom. The highest BCUT2D eigenvalue weighted by Gasteiger charge is 2.38. The standard InChI is InChI=1S/C27H31N3O5S/c1-29-24(18-6-3-2-4-7-18)16-20-11-14-22(17-25(20)29)36(34,35)28-21-12-9-19(10-13-21)26(31)30-15-5-8-23(30)27(32)33/h2-4,6-7,11,14,16-17,19,21,23,28H,5,8-10,12-13,15H2,1H3,(H,32,33)/t19?,21?,23-/m1/s1. The molecule has 8 nitrogen and oxygen atoms in total. The number of sulfonamides is 1. The molecule has 2 fully saturated rings. The number of aliphatic carboxylic acids is 1. The van der Waals surface area contributed by atoms with Gasteiger partial charge in [0, 0.05) is 42.1 Å². The minimum Gasteiger partial charge on any atom is -0.480 e. The van der Waals surface area contributed by atoms with Crippen LogP contribution in [0.15, 0.2) is 59.5 Å². The number of carboxylic acid groups (broad SMARTS) is 1. The molecule has 0 unspecified atom stereocenters. The molecule has 2 N–H and O–H groups in total. The number of amides is 1. The summed E-state index contributed by atoms with van der Waals surface area (Å²) in [6.45, 7) is 0.482. The van der Waals surface area contributed by atoms with Crippen LogP contribution in [0.3, 0.4) is 0 Å². The van der Waals surface area contributed by atoms with E-state index < -0.39 is 22.0 Å². The van der Waals surface area contributed by atoms with E-state index in [9.17, 15) is 23.1 Å². The Balaban J connectivity index is 1.26. The molecule has 1 amide bonds. The summed E-state index contributed by atoms with van der Waals surface area (Å²) < 4.78 is 31.3. The Hall–Kier alpha value is -3.17. The van der Waals surface area contributed by atoms with Crippen molar-refractivity contribution in [2.45, 2.75) is 55.5 Å². The molecule has 0 radical (unpaired) electrons. The normalized spacial score (nSPS) is 22.7. The zero-order chi connectivity index (χ0) is 25.4. The first-order chi connectivity index (χ1) is 17.2. The van der Waals surface area contributed by atoms with Crippen LogP contribution in [0.2, 0.25) is 0 Å². The quantitative estimate of drug-likeness (QED) is 0.526. The molecule has 2 aromatic carbocycles. The number of carbonyl (C=O) groups excluding carboxylic acids is 1. The lowest BCUT2D eigenvalue weighted by Crippen LogP contribution is -2.46. The van der Waals surface area contributed by atoms with Crippen LogP contribution in [0.1, 0.15) is 38.5 Å². The van der Waals surface area contributed by atoms with E-state index in [1.807, 2.05) is 48.0 Å². The monoisotopic (exact) mass is 509 g/mol. The van der Waals surface area contributed by atoms with Crippen molar-refractivity contribution in [2.24, 2.45) is 13.0 Å². The van der Waals surface area contributed by atoms with Gasteiger partial charge >= 0.3 is 5.97 Å². The van der Waals surface area contributed by atoms with Crippen molar-refractivity contribution in [3.8, 4) is 11.3 Å². The first-order valence-corrected chi connectivity index (χ1v) is 13.9. The second-order valence-corrected chi connectivity index (χ2v) is 11.6. The van der Waals surface area contributed by atoms with E-state index in [4.69, 9.17) is 0 Å². The van der Waals surface area contributed by atoms with Gasteiger partial charge in [-0.05, 0) is 62.3 Å². The lowest BCUT2D eigenvalue weighted by atomic mass is 9.85. The van der Waals surface area contributed by atoms with Crippen molar-refractivity contribution >= 4 is 32.8 Å². The van der Waals surface area contributed by atoms with E-state index >= 15 is 0 Å². The molecule has 2 heterocycles. The number of fused-ring (bicyclic) bond motifs is 1. The van der Waals surface area contributed by atoms with Crippen LogP contribution in [0, 0.1) is 5.92 Å². The third-order valence-corrected chi connectivity index (χ3v) is 9.13. The van der Waals surface area contributed by atoms with Gasteiger partial charge in [0.1, 0.15) is 6.04 Å². The van der Waals surface area contributed by atoms with Gasteiger partial charge in [-0.2, -0.15) is 0 Å². The van der Waals surface area contributed by atoms with E-state index in [0.717, 1.165) is 22.2 Å². The third-order valence-electron chi connectivity index (χ3n) is 7.62. The second-order valence-electron chi connectivity index (χ2n) is 9.87. The van der Waals surface area contributed by atoms with Crippen LogP contribution in [-0.4, -0.2) is 53.5 Å². The van der Waals surface area contributed by atoms with E-state index in [2.05, 4.69) is 10.8 Å². The largest absolute Gasteiger partial charge is 0.480 e. The average Bonchev–Trinajstić information content (AvgIpc) is 3.49. The molecule has 3 aromatic rings. The predicted molar refractivity (Wildman–Crippen MR) is 137 cm³/mol. The van der Waals surface area contributed by atoms with Crippen molar-refractivity contribution in [1.29, 1.82) is 0 Å². The Morgan fingerprint density at radius 2 is 1.69 bits per heavy atom. The zero-order valence-corrected chi connectivity index (χ0v) is 21.1. The number of benzene rings is 2. The predicted octanol–water partition coefficient (Wildman–Crippen LogP) is 3.76. The number of hydrogen-bond acceptors (Lipinski definition) is 4. The fourth-order valence-electron chi connectivity index (χ4n) is 5.63. The summed E-state index contributed by atoms with van der Waals surface area (Å²) in [7, 11) is -1.80. The molecule has 1 atom stereocenters. The van der Waals surface area contributed by atoms with Crippen molar-refractivity contribution in [2.75, 3.05) is 6.54 Å². The van der Waals surface area contributed by atoms with Gasteiger partial charge in [0.25, 0.3) is 0 Å². The first kappa shape index (κ1) is 24.5. The van der Waals surface area contributed by atoms with Crippen LogP contribution in [0.25, 0.3) is 22.2 Å². The van der Waals surface area contributed by atoms with Crippen LogP contribution < -0.4 is 4.72 Å². The van der Waals surface area contributed by atoms with Crippen molar-refractivity contribution in [1.82, 2.24) is 14.2 Å². The number of nitrogens with one attached hydrogen (secondary N) is 1. The number of hydrogen-bond donors (Lipinski definition) is 2. The molecule has 36 heavy (non-hydrogen) atoms. The summed E-state index contributed by atoms with van der Waals surface area (Å²) >= 11 is 0. The lowest BCUT2D eigenvalue weighted by Gasteiger charge is -2.32. The van der Waals surface area contributed by atoms with Gasteiger partial charge in [-0.3, -0.25) is 4.79 Å². The van der Waals surface area contributed by atoms with E-state index in [0.29, 0.717) is 45.1 Å². The number of nitrogens with zero attached hydrogens (tertiary/aromatic N) is 2. The Kier molecular flexibility index (Phi) is 6.61. The zero-order valence-electron chi connectivity index (χ0n) is 20.3. The molecule has 2 aliphatic rings. The number of carbonyl (C=O) groups is 2. The summed E-state index contributed by atoms with van der Waals surface area (Å²) in [5, 5.41) is 10.3. The van der Waals surface area contributed by atoms with Gasteiger partial charge in [0.2, 0.25) is 15.9 Å². The highest BCUT2D eigenvalue weighted by Crippen LogP contribution is 2.31. The maximum absolute atomic E-state index is 13.2. The Labute approximate surface area is 211 Å². The molecule has 9 heteroatoms. The maximum atomic E-state index is 13.2. The first-order valence-electron chi connectivity index (χ1n) is 12.4. The van der Waals surface area contributed by atoms with E-state index in [1.165, 1.54) is 4.90 Å².